The van der Waals surface area contributed by atoms with Crippen molar-refractivity contribution in [2.24, 2.45) is 5.73 Å². The minimum absolute atomic E-state index is 0.0690. The molecule has 0 fully saturated rings. The Morgan fingerprint density at radius 2 is 2.00 bits per heavy atom. The first-order valence-corrected chi connectivity index (χ1v) is 3.66. The zero-order chi connectivity index (χ0) is 8.91. The van der Waals surface area contributed by atoms with Crippen LogP contribution < -0.4 is 5.73 Å². The van der Waals surface area contributed by atoms with Gasteiger partial charge in [0.15, 0.2) is 5.78 Å². The van der Waals surface area contributed by atoms with Gasteiger partial charge in [-0.15, -0.1) is 0 Å². The maximum atomic E-state index is 10.5. The quantitative estimate of drug-likeness (QED) is 0.371. The molecule has 0 saturated heterocycles. The lowest BCUT2D eigenvalue weighted by molar-refractivity contribution is -0.183. The number of nitrogens with two attached hydrogens (primary N) is 1. The lowest BCUT2D eigenvalue weighted by atomic mass is 10.1. The topological polar surface area (TPSA) is 83.5 Å². The Morgan fingerprint density at radius 3 is 2.36 bits per heavy atom. The molecule has 0 aromatic heterocycles. The summed E-state index contributed by atoms with van der Waals surface area (Å²) >= 11 is 0. The van der Waals surface area contributed by atoms with Gasteiger partial charge < -0.3 is 15.9 Å². The van der Waals surface area contributed by atoms with Gasteiger partial charge in [-0.2, -0.15) is 0 Å². The van der Waals surface area contributed by atoms with Crippen LogP contribution >= 0.6 is 0 Å². The third kappa shape index (κ3) is 4.08. The lowest BCUT2D eigenvalue weighted by Crippen LogP contribution is -2.36. The molecule has 0 aliphatic rings. The number of hydrogen-bond acceptors (Lipinski definition) is 4. The van der Waals surface area contributed by atoms with Gasteiger partial charge in [0.2, 0.25) is 5.79 Å². The van der Waals surface area contributed by atoms with Crippen LogP contribution in [-0.2, 0) is 4.79 Å². The fraction of sp³-hybridized carbons (Fsp3) is 0.857. The fourth-order valence-electron chi connectivity index (χ4n) is 0.692. The maximum Gasteiger partial charge on any atom is 0.223 e. The maximum absolute atomic E-state index is 10.5. The number of aliphatic hydroxyl groups is 2. The molecule has 4 N–H and O–H groups in total. The normalized spacial score (nSPS) is 11.6. The first kappa shape index (κ1) is 10.6. The van der Waals surface area contributed by atoms with E-state index in [0.29, 0.717) is 19.4 Å². The van der Waals surface area contributed by atoms with Crippen LogP contribution in [0.3, 0.4) is 0 Å². The van der Waals surface area contributed by atoms with E-state index < -0.39 is 11.6 Å². The molecule has 0 aliphatic carbocycles. The highest BCUT2D eigenvalue weighted by atomic mass is 16.5. The number of unbranched alkanes of at least 4 members (excludes halogenated alkanes) is 1. The van der Waals surface area contributed by atoms with E-state index in [2.05, 4.69) is 0 Å². The minimum Gasteiger partial charge on any atom is -0.360 e. The summed E-state index contributed by atoms with van der Waals surface area (Å²) in [6.45, 7) is 1.66. The number of ketones is 1. The average Bonchev–Trinajstić information content (AvgIpc) is 1.88. The van der Waals surface area contributed by atoms with E-state index in [4.69, 9.17) is 15.9 Å². The molecule has 0 heterocycles. The van der Waals surface area contributed by atoms with E-state index in [9.17, 15) is 4.79 Å². The highest BCUT2D eigenvalue weighted by Gasteiger charge is 2.27. The Kier molecular flexibility index (Phi) is 4.25. The molecule has 0 aromatic rings. The van der Waals surface area contributed by atoms with Crippen LogP contribution in [0.5, 0.6) is 0 Å². The minimum atomic E-state index is -2.14. The molecule has 0 rings (SSSR count). The number of Topliss-reactive ketones (excluding diaryl/α,β-unsaturated/α-hetero) is 1. The molecule has 0 bridgehead atoms. The zero-order valence-electron chi connectivity index (χ0n) is 6.71. The summed E-state index contributed by atoms with van der Waals surface area (Å²) in [5, 5.41) is 18.0. The van der Waals surface area contributed by atoms with Gasteiger partial charge in [-0.3, -0.25) is 4.79 Å². The predicted octanol–water partition coefficient (Wildman–Crippen LogP) is -0.615. The molecule has 0 aromatic carbocycles. The van der Waals surface area contributed by atoms with Crippen molar-refractivity contribution in [2.45, 2.75) is 32.0 Å². The molecular formula is C7H15NO3. The smallest absolute Gasteiger partial charge is 0.223 e. The van der Waals surface area contributed by atoms with Crippen molar-refractivity contribution in [1.82, 2.24) is 0 Å². The van der Waals surface area contributed by atoms with E-state index in [1.807, 2.05) is 0 Å². The van der Waals surface area contributed by atoms with Crippen molar-refractivity contribution in [3.8, 4) is 0 Å². The van der Waals surface area contributed by atoms with E-state index >= 15 is 0 Å². The van der Waals surface area contributed by atoms with Crippen molar-refractivity contribution in [3.05, 3.63) is 0 Å². The van der Waals surface area contributed by atoms with Gasteiger partial charge in [0, 0.05) is 13.3 Å². The van der Waals surface area contributed by atoms with Crippen molar-refractivity contribution < 1.29 is 15.0 Å². The molecule has 11 heavy (non-hydrogen) atoms. The second-order valence-electron chi connectivity index (χ2n) is 2.62. The number of carbonyl (C=O) groups is 1. The van der Waals surface area contributed by atoms with Gasteiger partial charge in [0.05, 0.1) is 0 Å². The van der Waals surface area contributed by atoms with Crippen LogP contribution in [0.1, 0.15) is 26.2 Å². The summed E-state index contributed by atoms with van der Waals surface area (Å²) in [7, 11) is 0. The summed E-state index contributed by atoms with van der Waals surface area (Å²) in [5.41, 5.74) is 5.19. The van der Waals surface area contributed by atoms with Crippen LogP contribution in [0, 0.1) is 0 Å². The van der Waals surface area contributed by atoms with Crippen LogP contribution in [-0.4, -0.2) is 28.3 Å². The van der Waals surface area contributed by atoms with Crippen LogP contribution in [0.15, 0.2) is 0 Å². The Hall–Kier alpha value is -0.450. The molecule has 0 radical (unpaired) electrons. The third-order valence-electron chi connectivity index (χ3n) is 1.54. The Bertz CT molecular complexity index is 134. The number of hydrogen-bond donors (Lipinski definition) is 3. The summed E-state index contributed by atoms with van der Waals surface area (Å²) < 4.78 is 0. The number of carbonyl (C=O) groups excluding carboxylic acids is 1. The zero-order valence-corrected chi connectivity index (χ0v) is 6.71. The second kappa shape index (κ2) is 4.43. The van der Waals surface area contributed by atoms with Crippen molar-refractivity contribution >= 4 is 5.78 Å². The van der Waals surface area contributed by atoms with Gasteiger partial charge in [-0.05, 0) is 19.4 Å². The lowest BCUT2D eigenvalue weighted by Gasteiger charge is -2.17. The van der Waals surface area contributed by atoms with Crippen LogP contribution in [0.2, 0.25) is 0 Å². The van der Waals surface area contributed by atoms with Crippen molar-refractivity contribution in [2.75, 3.05) is 6.54 Å². The van der Waals surface area contributed by atoms with Crippen molar-refractivity contribution in [1.29, 1.82) is 0 Å². The van der Waals surface area contributed by atoms with Crippen LogP contribution in [0.4, 0.5) is 0 Å². The van der Waals surface area contributed by atoms with E-state index in [0.717, 1.165) is 6.92 Å². The summed E-state index contributed by atoms with van der Waals surface area (Å²) in [5.74, 6) is -2.76. The summed E-state index contributed by atoms with van der Waals surface area (Å²) in [6.07, 6.45) is 1.33. The van der Waals surface area contributed by atoms with Gasteiger partial charge >= 0.3 is 0 Å². The average molecular weight is 161 g/mol. The predicted molar refractivity (Wildman–Crippen MR) is 40.8 cm³/mol. The molecule has 66 valence electrons. The van der Waals surface area contributed by atoms with Gasteiger partial charge in [-0.1, -0.05) is 0 Å². The van der Waals surface area contributed by atoms with E-state index in [-0.39, 0.29) is 6.42 Å². The monoisotopic (exact) mass is 161 g/mol. The second-order valence-corrected chi connectivity index (χ2v) is 2.62. The third-order valence-corrected chi connectivity index (χ3v) is 1.54. The molecule has 0 saturated carbocycles. The molecular weight excluding hydrogens is 146 g/mol. The van der Waals surface area contributed by atoms with Gasteiger partial charge in [0.25, 0.3) is 0 Å². The van der Waals surface area contributed by atoms with Crippen LogP contribution in [0.25, 0.3) is 0 Å². The first-order valence-electron chi connectivity index (χ1n) is 3.66. The first-order chi connectivity index (χ1) is 5.00. The Balaban J connectivity index is 3.64. The standard InChI is InChI=1S/C7H15NO3/c1-6(9)7(10,11)4-2-3-5-8/h10-11H,2-5,8H2,1H3. The SMILES string of the molecule is CC(=O)C(O)(O)CCCCN. The molecule has 0 aliphatic heterocycles. The van der Waals surface area contributed by atoms with E-state index in [1.165, 1.54) is 0 Å². The molecule has 0 amide bonds. The summed E-state index contributed by atoms with van der Waals surface area (Å²) in [6, 6.07) is 0. The highest BCUT2D eigenvalue weighted by molar-refractivity contribution is 5.82. The highest BCUT2D eigenvalue weighted by Crippen LogP contribution is 2.10. The van der Waals surface area contributed by atoms with E-state index in [1.54, 1.807) is 0 Å². The molecule has 0 spiro atoms. The Labute approximate surface area is 66.0 Å². The molecule has 4 heteroatoms. The molecule has 0 atom stereocenters. The van der Waals surface area contributed by atoms with Gasteiger partial charge in [-0.25, -0.2) is 0 Å². The fourth-order valence-corrected chi connectivity index (χ4v) is 0.692. The number of rotatable bonds is 5. The van der Waals surface area contributed by atoms with Crippen molar-refractivity contribution in [3.63, 3.8) is 0 Å². The largest absolute Gasteiger partial charge is 0.360 e. The summed E-state index contributed by atoms with van der Waals surface area (Å²) in [4.78, 5) is 10.5. The Morgan fingerprint density at radius 1 is 1.45 bits per heavy atom. The molecule has 4 nitrogen and oxygen atoms in total. The molecule has 0 unspecified atom stereocenters. The van der Waals surface area contributed by atoms with Gasteiger partial charge in [0.1, 0.15) is 0 Å².